The van der Waals surface area contributed by atoms with E-state index in [9.17, 15) is 9.59 Å². The average Bonchev–Trinajstić information content (AvgIpc) is 2.35. The number of carboxylic acids is 1. The summed E-state index contributed by atoms with van der Waals surface area (Å²) in [5.41, 5.74) is -0.0892. The summed E-state index contributed by atoms with van der Waals surface area (Å²) in [6, 6.07) is 5.76. The number of nitrogens with one attached hydrogen (secondary N) is 1. The number of carboxylic acid groups (broad SMARTS) is 1. The molecule has 1 aromatic carbocycles. The lowest BCUT2D eigenvalue weighted by Gasteiger charge is -2.10. The zero-order valence-corrected chi connectivity index (χ0v) is 8.96. The molecule has 1 atom stereocenters. The molecule has 17 heavy (non-hydrogen) atoms. The summed E-state index contributed by atoms with van der Waals surface area (Å²) in [5, 5.41) is 28.8. The Morgan fingerprint density at radius 1 is 1.24 bits per heavy atom. The maximum atomic E-state index is 11.6. The van der Waals surface area contributed by atoms with Crippen molar-refractivity contribution in [3.05, 3.63) is 35.4 Å². The molecule has 0 aliphatic carbocycles. The molecule has 92 valence electrons. The molecule has 6 nitrogen and oxygen atoms in total. The number of hydrogen-bond acceptors (Lipinski definition) is 4. The van der Waals surface area contributed by atoms with Gasteiger partial charge in [-0.25, -0.2) is 4.79 Å². The van der Waals surface area contributed by atoms with E-state index in [1.807, 2.05) is 0 Å². The van der Waals surface area contributed by atoms with Crippen LogP contribution in [-0.4, -0.2) is 46.5 Å². The fourth-order valence-electron chi connectivity index (χ4n) is 1.24. The molecule has 1 amide bonds. The predicted octanol–water partition coefficient (Wildman–Crippen LogP) is -0.532. The minimum atomic E-state index is -1.20. The van der Waals surface area contributed by atoms with E-state index in [2.05, 4.69) is 5.32 Å². The Balaban J connectivity index is 2.78. The van der Waals surface area contributed by atoms with Crippen molar-refractivity contribution in [3.8, 4) is 0 Å². The number of aliphatic hydroxyl groups excluding tert-OH is 2. The minimum Gasteiger partial charge on any atom is -0.478 e. The molecule has 0 aromatic heterocycles. The zero-order chi connectivity index (χ0) is 12.8. The number of carbonyl (C=O) groups is 2. The molecule has 0 aliphatic heterocycles. The van der Waals surface area contributed by atoms with Crippen LogP contribution in [0.3, 0.4) is 0 Å². The van der Waals surface area contributed by atoms with Crippen LogP contribution in [-0.2, 0) is 0 Å². The van der Waals surface area contributed by atoms with Crippen molar-refractivity contribution < 1.29 is 24.9 Å². The van der Waals surface area contributed by atoms with Crippen molar-refractivity contribution >= 4 is 11.9 Å². The van der Waals surface area contributed by atoms with E-state index in [1.54, 1.807) is 6.07 Å². The van der Waals surface area contributed by atoms with Crippen LogP contribution in [0.5, 0.6) is 0 Å². The number of amides is 1. The number of hydrogen-bond donors (Lipinski definition) is 4. The van der Waals surface area contributed by atoms with Crippen molar-refractivity contribution in [2.24, 2.45) is 0 Å². The second-order valence-corrected chi connectivity index (χ2v) is 3.40. The first kappa shape index (κ1) is 13.1. The Labute approximate surface area is 97.5 Å². The van der Waals surface area contributed by atoms with Gasteiger partial charge in [0.2, 0.25) is 0 Å². The summed E-state index contributed by atoms with van der Waals surface area (Å²) in [7, 11) is 0. The van der Waals surface area contributed by atoms with Gasteiger partial charge in [-0.3, -0.25) is 4.79 Å². The molecular weight excluding hydrogens is 226 g/mol. The first-order chi connectivity index (χ1) is 8.06. The van der Waals surface area contributed by atoms with Gasteiger partial charge < -0.3 is 20.6 Å². The van der Waals surface area contributed by atoms with Gasteiger partial charge in [0.25, 0.3) is 5.91 Å². The smallest absolute Gasteiger partial charge is 0.336 e. The molecule has 0 bridgehead atoms. The van der Waals surface area contributed by atoms with Crippen LogP contribution in [0.4, 0.5) is 0 Å². The molecule has 6 heteroatoms. The highest BCUT2D eigenvalue weighted by Gasteiger charge is 2.16. The Morgan fingerprint density at radius 3 is 2.35 bits per heavy atom. The lowest BCUT2D eigenvalue weighted by atomic mass is 10.1. The van der Waals surface area contributed by atoms with Crippen LogP contribution in [0.25, 0.3) is 0 Å². The van der Waals surface area contributed by atoms with Crippen LogP contribution in [0.1, 0.15) is 20.7 Å². The van der Waals surface area contributed by atoms with Crippen LogP contribution in [0.15, 0.2) is 24.3 Å². The topological polar surface area (TPSA) is 107 Å². The van der Waals surface area contributed by atoms with E-state index in [-0.39, 0.29) is 17.7 Å². The molecule has 1 unspecified atom stereocenters. The maximum absolute atomic E-state index is 11.6. The van der Waals surface area contributed by atoms with Gasteiger partial charge in [0, 0.05) is 6.54 Å². The van der Waals surface area contributed by atoms with E-state index in [0.29, 0.717) is 0 Å². The van der Waals surface area contributed by atoms with Crippen molar-refractivity contribution in [2.75, 3.05) is 13.2 Å². The highest BCUT2D eigenvalue weighted by Crippen LogP contribution is 2.08. The largest absolute Gasteiger partial charge is 0.478 e. The fraction of sp³-hybridized carbons (Fsp3) is 0.273. The molecular formula is C11H13NO5. The molecule has 0 saturated heterocycles. The summed E-state index contributed by atoms with van der Waals surface area (Å²) >= 11 is 0. The third kappa shape index (κ3) is 3.54. The highest BCUT2D eigenvalue weighted by molar-refractivity contribution is 6.04. The molecule has 4 N–H and O–H groups in total. The number of benzene rings is 1. The summed E-state index contributed by atoms with van der Waals surface area (Å²) in [4.78, 5) is 22.5. The third-order valence-electron chi connectivity index (χ3n) is 2.11. The van der Waals surface area contributed by atoms with Crippen LogP contribution < -0.4 is 5.32 Å². The van der Waals surface area contributed by atoms with Gasteiger partial charge in [-0.15, -0.1) is 0 Å². The van der Waals surface area contributed by atoms with E-state index in [0.717, 1.165) is 0 Å². The molecule has 1 aromatic rings. The summed E-state index contributed by atoms with van der Waals surface area (Å²) in [6.45, 7) is -0.607. The Morgan fingerprint density at radius 2 is 1.82 bits per heavy atom. The van der Waals surface area contributed by atoms with Gasteiger partial charge in [0.15, 0.2) is 0 Å². The number of carbonyl (C=O) groups excluding carboxylic acids is 1. The van der Waals surface area contributed by atoms with Gasteiger partial charge in [-0.2, -0.15) is 0 Å². The number of rotatable bonds is 5. The number of aliphatic hydroxyl groups is 2. The number of aromatic carboxylic acids is 1. The van der Waals surface area contributed by atoms with Crippen LogP contribution in [0.2, 0.25) is 0 Å². The monoisotopic (exact) mass is 239 g/mol. The fourth-order valence-corrected chi connectivity index (χ4v) is 1.24. The SMILES string of the molecule is O=C(O)c1ccccc1C(=O)NCC(O)CO. The lowest BCUT2D eigenvalue weighted by molar-refractivity contribution is 0.0687. The molecule has 1 rings (SSSR count). The first-order valence-corrected chi connectivity index (χ1v) is 4.95. The second-order valence-electron chi connectivity index (χ2n) is 3.40. The molecule has 0 radical (unpaired) electrons. The predicted molar refractivity (Wildman–Crippen MR) is 58.8 cm³/mol. The Kier molecular flexibility index (Phi) is 4.62. The minimum absolute atomic E-state index is 0.0186. The summed E-state index contributed by atoms with van der Waals surface area (Å²) < 4.78 is 0. The van der Waals surface area contributed by atoms with Crippen molar-refractivity contribution in [1.82, 2.24) is 5.32 Å². The molecule has 0 aliphatic rings. The summed E-state index contributed by atoms with van der Waals surface area (Å²) in [6.07, 6.45) is -1.06. The first-order valence-electron chi connectivity index (χ1n) is 4.95. The van der Waals surface area contributed by atoms with Gasteiger partial charge in [0.1, 0.15) is 0 Å². The van der Waals surface area contributed by atoms with Crippen molar-refractivity contribution in [3.63, 3.8) is 0 Å². The normalized spacial score (nSPS) is 11.9. The zero-order valence-electron chi connectivity index (χ0n) is 8.96. The van der Waals surface area contributed by atoms with Crippen molar-refractivity contribution in [1.29, 1.82) is 0 Å². The Hall–Kier alpha value is -1.92. The lowest BCUT2D eigenvalue weighted by Crippen LogP contribution is -2.34. The molecule has 0 fully saturated rings. The third-order valence-corrected chi connectivity index (χ3v) is 2.11. The Bertz CT molecular complexity index is 418. The van der Waals surface area contributed by atoms with Gasteiger partial charge >= 0.3 is 5.97 Å². The molecule has 0 heterocycles. The maximum Gasteiger partial charge on any atom is 0.336 e. The van der Waals surface area contributed by atoms with Gasteiger partial charge in [0.05, 0.1) is 23.8 Å². The quantitative estimate of drug-likeness (QED) is 0.552. The van der Waals surface area contributed by atoms with Crippen LogP contribution in [0, 0.1) is 0 Å². The highest BCUT2D eigenvalue weighted by atomic mass is 16.4. The van der Waals surface area contributed by atoms with E-state index < -0.39 is 24.6 Å². The van der Waals surface area contributed by atoms with E-state index >= 15 is 0 Å². The van der Waals surface area contributed by atoms with E-state index in [1.165, 1.54) is 18.2 Å². The van der Waals surface area contributed by atoms with Crippen LogP contribution >= 0.6 is 0 Å². The average molecular weight is 239 g/mol. The van der Waals surface area contributed by atoms with Gasteiger partial charge in [-0.1, -0.05) is 12.1 Å². The molecule has 0 spiro atoms. The second kappa shape index (κ2) is 5.97. The standard InChI is InChI=1S/C11H13NO5/c13-6-7(14)5-12-10(15)8-3-1-2-4-9(8)11(16)17/h1-4,7,13-14H,5-6H2,(H,12,15)(H,16,17). The van der Waals surface area contributed by atoms with E-state index in [4.69, 9.17) is 15.3 Å². The van der Waals surface area contributed by atoms with Gasteiger partial charge in [-0.05, 0) is 12.1 Å². The molecule has 0 saturated carbocycles. The summed E-state index contributed by atoms with van der Waals surface area (Å²) in [5.74, 6) is -1.80. The van der Waals surface area contributed by atoms with Crippen molar-refractivity contribution in [2.45, 2.75) is 6.10 Å².